The van der Waals surface area contributed by atoms with Crippen LogP contribution in [0, 0.1) is 11.3 Å². The van der Waals surface area contributed by atoms with Crippen molar-refractivity contribution in [2.24, 2.45) is 0 Å². The van der Waals surface area contributed by atoms with Crippen molar-refractivity contribution in [2.45, 2.75) is 12.5 Å². The summed E-state index contributed by atoms with van der Waals surface area (Å²) < 4.78 is 0. The molecule has 19 heavy (non-hydrogen) atoms. The van der Waals surface area contributed by atoms with Gasteiger partial charge in [0.25, 0.3) is 0 Å². The zero-order chi connectivity index (χ0) is 13.5. The molecule has 0 aromatic heterocycles. The number of benzene rings is 2. The van der Waals surface area contributed by atoms with Gasteiger partial charge in [0.2, 0.25) is 0 Å². The molecule has 0 saturated carbocycles. The van der Waals surface area contributed by atoms with Crippen LogP contribution in [0.1, 0.15) is 17.2 Å². The normalized spacial score (nSPS) is 11.8. The first-order valence-corrected chi connectivity index (χ1v) is 6.60. The van der Waals surface area contributed by atoms with E-state index in [2.05, 4.69) is 23.5 Å². The minimum absolute atomic E-state index is 0.291. The van der Waals surface area contributed by atoms with Gasteiger partial charge >= 0.3 is 0 Å². The predicted octanol–water partition coefficient (Wildman–Crippen LogP) is 3.74. The lowest BCUT2D eigenvalue weighted by Gasteiger charge is -2.12. The van der Waals surface area contributed by atoms with E-state index in [4.69, 9.17) is 11.6 Å². The van der Waals surface area contributed by atoms with Gasteiger partial charge in [0, 0.05) is 11.6 Å². The van der Waals surface area contributed by atoms with E-state index in [9.17, 15) is 5.26 Å². The molecule has 2 aromatic carbocycles. The minimum Gasteiger partial charge on any atom is -0.298 e. The highest BCUT2D eigenvalue weighted by Crippen LogP contribution is 2.15. The lowest BCUT2D eigenvalue weighted by Crippen LogP contribution is -2.22. The Hall–Kier alpha value is -1.82. The molecule has 0 fully saturated rings. The quantitative estimate of drug-likeness (QED) is 0.898. The van der Waals surface area contributed by atoms with Crippen LogP contribution in [0.25, 0.3) is 0 Å². The average Bonchev–Trinajstić information content (AvgIpc) is 2.46. The van der Waals surface area contributed by atoms with Crippen molar-refractivity contribution in [1.29, 1.82) is 5.26 Å². The summed E-state index contributed by atoms with van der Waals surface area (Å²) in [5, 5.41) is 13.1. The predicted molar refractivity (Wildman–Crippen MR) is 78.0 cm³/mol. The van der Waals surface area contributed by atoms with Crippen molar-refractivity contribution in [1.82, 2.24) is 5.32 Å². The summed E-state index contributed by atoms with van der Waals surface area (Å²) >= 11 is 5.84. The fourth-order valence-electron chi connectivity index (χ4n) is 1.90. The third-order valence-electron chi connectivity index (χ3n) is 2.94. The van der Waals surface area contributed by atoms with Crippen LogP contribution >= 0.6 is 11.6 Å². The first kappa shape index (κ1) is 13.6. The number of nitriles is 1. The molecule has 0 aliphatic rings. The highest BCUT2D eigenvalue weighted by molar-refractivity contribution is 6.30. The second-order valence-electron chi connectivity index (χ2n) is 4.30. The topological polar surface area (TPSA) is 35.8 Å². The van der Waals surface area contributed by atoms with Gasteiger partial charge in [-0.25, -0.2) is 0 Å². The van der Waals surface area contributed by atoms with Crippen LogP contribution < -0.4 is 5.32 Å². The highest BCUT2D eigenvalue weighted by Gasteiger charge is 2.08. The number of hydrogen-bond acceptors (Lipinski definition) is 2. The van der Waals surface area contributed by atoms with E-state index in [1.54, 1.807) is 12.1 Å². The molecule has 2 aromatic rings. The molecule has 0 bridgehead atoms. The summed E-state index contributed by atoms with van der Waals surface area (Å²) in [5.41, 5.74) is 2.21. The third-order valence-corrected chi connectivity index (χ3v) is 3.19. The molecule has 0 amide bonds. The van der Waals surface area contributed by atoms with Crippen LogP contribution in [0.15, 0.2) is 54.6 Å². The maximum Gasteiger partial charge on any atom is 0.121 e. The van der Waals surface area contributed by atoms with Gasteiger partial charge in [-0.2, -0.15) is 5.26 Å². The van der Waals surface area contributed by atoms with Gasteiger partial charge < -0.3 is 0 Å². The van der Waals surface area contributed by atoms with Gasteiger partial charge in [0.15, 0.2) is 0 Å². The summed E-state index contributed by atoms with van der Waals surface area (Å²) in [6.45, 7) is 0.769. The van der Waals surface area contributed by atoms with Crippen molar-refractivity contribution in [2.75, 3.05) is 6.54 Å². The summed E-state index contributed by atoms with van der Waals surface area (Å²) in [5.74, 6) is 0. The van der Waals surface area contributed by atoms with Crippen molar-refractivity contribution < 1.29 is 0 Å². The maximum absolute atomic E-state index is 9.20. The van der Waals surface area contributed by atoms with Crippen molar-refractivity contribution in [3.63, 3.8) is 0 Å². The van der Waals surface area contributed by atoms with E-state index in [-0.39, 0.29) is 6.04 Å². The Morgan fingerprint density at radius 2 is 1.74 bits per heavy atom. The molecule has 0 aliphatic carbocycles. The second kappa shape index (κ2) is 6.94. The van der Waals surface area contributed by atoms with E-state index in [0.717, 1.165) is 18.5 Å². The van der Waals surface area contributed by atoms with Crippen molar-refractivity contribution in [3.8, 4) is 6.07 Å². The number of nitrogens with zero attached hydrogens (tertiary/aromatic N) is 1. The van der Waals surface area contributed by atoms with Crippen molar-refractivity contribution >= 4 is 11.6 Å². The smallest absolute Gasteiger partial charge is 0.121 e. The lowest BCUT2D eigenvalue weighted by molar-refractivity contribution is 0.629. The first-order chi connectivity index (χ1) is 9.29. The second-order valence-corrected chi connectivity index (χ2v) is 4.74. The lowest BCUT2D eigenvalue weighted by atomic mass is 10.1. The molecule has 2 nitrogen and oxygen atoms in total. The standard InChI is InChI=1S/C16H15ClN2/c17-15-8-6-14(7-9-15)16(12-18)19-11-10-13-4-2-1-3-5-13/h1-9,16,19H,10-11H2/t16-/m0/s1. The van der Waals surface area contributed by atoms with Crippen molar-refractivity contribution in [3.05, 3.63) is 70.7 Å². The van der Waals surface area contributed by atoms with Crippen LogP contribution in [0.2, 0.25) is 5.02 Å². The number of hydrogen-bond donors (Lipinski definition) is 1. The number of nitrogens with one attached hydrogen (secondary N) is 1. The Bertz CT molecular complexity index is 543. The molecular formula is C16H15ClN2. The fraction of sp³-hybridized carbons (Fsp3) is 0.188. The van der Waals surface area contributed by atoms with Crippen LogP contribution in [0.3, 0.4) is 0 Å². The minimum atomic E-state index is -0.291. The fourth-order valence-corrected chi connectivity index (χ4v) is 2.02. The molecule has 3 heteroatoms. The summed E-state index contributed by atoms with van der Waals surface area (Å²) in [6, 6.07) is 19.6. The van der Waals surface area contributed by atoms with E-state index in [1.807, 2.05) is 30.3 Å². The molecule has 1 N–H and O–H groups in total. The molecule has 0 unspecified atom stereocenters. The van der Waals surface area contributed by atoms with Crippen LogP contribution in [0.5, 0.6) is 0 Å². The molecule has 96 valence electrons. The van der Waals surface area contributed by atoms with Crippen LogP contribution in [-0.2, 0) is 6.42 Å². The van der Waals surface area contributed by atoms with Gasteiger partial charge in [-0.05, 0) is 29.7 Å². The molecule has 0 saturated heterocycles. The van der Waals surface area contributed by atoms with E-state index >= 15 is 0 Å². The zero-order valence-corrected chi connectivity index (χ0v) is 11.3. The Morgan fingerprint density at radius 3 is 2.37 bits per heavy atom. The van der Waals surface area contributed by atoms with Crippen LogP contribution in [0.4, 0.5) is 0 Å². The molecular weight excluding hydrogens is 256 g/mol. The molecule has 1 atom stereocenters. The van der Waals surface area contributed by atoms with Gasteiger partial charge in [-0.3, -0.25) is 5.32 Å². The number of rotatable bonds is 5. The monoisotopic (exact) mass is 270 g/mol. The van der Waals surface area contributed by atoms with E-state index in [1.165, 1.54) is 5.56 Å². The Balaban J connectivity index is 1.90. The first-order valence-electron chi connectivity index (χ1n) is 6.22. The third kappa shape index (κ3) is 4.10. The summed E-state index contributed by atoms with van der Waals surface area (Å²) in [7, 11) is 0. The number of halogens is 1. The van der Waals surface area contributed by atoms with Gasteiger partial charge in [-0.15, -0.1) is 0 Å². The van der Waals surface area contributed by atoms with Gasteiger partial charge in [0.1, 0.15) is 6.04 Å². The Kier molecular flexibility index (Phi) is 4.97. The SMILES string of the molecule is N#C[C@H](NCCc1ccccc1)c1ccc(Cl)cc1. The summed E-state index contributed by atoms with van der Waals surface area (Å²) in [4.78, 5) is 0. The average molecular weight is 271 g/mol. The molecule has 2 rings (SSSR count). The molecule has 0 heterocycles. The highest BCUT2D eigenvalue weighted by atomic mass is 35.5. The van der Waals surface area contributed by atoms with E-state index < -0.39 is 0 Å². The van der Waals surface area contributed by atoms with Crippen LogP contribution in [-0.4, -0.2) is 6.54 Å². The molecule has 0 aliphatic heterocycles. The molecule has 0 spiro atoms. The van der Waals surface area contributed by atoms with Gasteiger partial charge in [0.05, 0.1) is 6.07 Å². The van der Waals surface area contributed by atoms with E-state index in [0.29, 0.717) is 5.02 Å². The Labute approximate surface area is 118 Å². The zero-order valence-electron chi connectivity index (χ0n) is 10.5. The summed E-state index contributed by atoms with van der Waals surface area (Å²) in [6.07, 6.45) is 0.909. The van der Waals surface area contributed by atoms with Gasteiger partial charge in [-0.1, -0.05) is 54.1 Å². The maximum atomic E-state index is 9.20. The molecule has 0 radical (unpaired) electrons. The Morgan fingerprint density at radius 1 is 1.05 bits per heavy atom. The largest absolute Gasteiger partial charge is 0.298 e.